The van der Waals surface area contributed by atoms with Crippen LogP contribution < -0.4 is 5.56 Å². The summed E-state index contributed by atoms with van der Waals surface area (Å²) >= 11 is 1.47. The van der Waals surface area contributed by atoms with Gasteiger partial charge in [-0.1, -0.05) is 43.3 Å². The minimum atomic E-state index is -0.113. The van der Waals surface area contributed by atoms with Gasteiger partial charge in [0.15, 0.2) is 5.16 Å². The quantitative estimate of drug-likeness (QED) is 0.527. The van der Waals surface area contributed by atoms with Crippen molar-refractivity contribution in [2.24, 2.45) is 0 Å². The highest BCUT2D eigenvalue weighted by Gasteiger charge is 2.14. The summed E-state index contributed by atoms with van der Waals surface area (Å²) in [6.45, 7) is 6.02. The highest BCUT2D eigenvalue weighted by atomic mass is 32.2. The molecule has 3 rings (SSSR count). The fraction of sp³-hybridized carbons (Fsp3) is 0.316. The van der Waals surface area contributed by atoms with Crippen molar-refractivity contribution in [2.75, 3.05) is 0 Å². The molecule has 0 fully saturated rings. The molecule has 6 heteroatoms. The zero-order chi connectivity index (χ0) is 17.8. The van der Waals surface area contributed by atoms with E-state index in [9.17, 15) is 4.79 Å². The maximum atomic E-state index is 11.7. The number of thioether (sulfide) groups is 1. The van der Waals surface area contributed by atoms with Crippen LogP contribution in [0.25, 0.3) is 11.5 Å². The monoisotopic (exact) mass is 355 g/mol. The van der Waals surface area contributed by atoms with Gasteiger partial charge in [0.25, 0.3) is 5.56 Å². The van der Waals surface area contributed by atoms with Crippen LogP contribution in [0.3, 0.4) is 0 Å². The van der Waals surface area contributed by atoms with E-state index in [0.29, 0.717) is 16.8 Å². The summed E-state index contributed by atoms with van der Waals surface area (Å²) in [4.78, 5) is 23.7. The van der Waals surface area contributed by atoms with Gasteiger partial charge in [0.05, 0.1) is 5.69 Å². The number of nitrogens with zero attached hydrogens (tertiary/aromatic N) is 2. The first kappa shape index (κ1) is 17.5. The number of rotatable bonds is 6. The number of oxazole rings is 1. The molecule has 0 amide bonds. The topological polar surface area (TPSA) is 71.8 Å². The first-order valence-electron chi connectivity index (χ1n) is 8.32. The molecule has 1 aromatic carbocycles. The van der Waals surface area contributed by atoms with Gasteiger partial charge in [-0.2, -0.15) is 0 Å². The lowest BCUT2D eigenvalue weighted by molar-refractivity contribution is 0.540. The summed E-state index contributed by atoms with van der Waals surface area (Å²) in [7, 11) is 0. The Bertz CT molecular complexity index is 930. The molecule has 25 heavy (non-hydrogen) atoms. The van der Waals surface area contributed by atoms with Crippen molar-refractivity contribution in [3.05, 3.63) is 63.4 Å². The van der Waals surface area contributed by atoms with E-state index in [2.05, 4.69) is 21.9 Å². The second-order valence-electron chi connectivity index (χ2n) is 5.92. The summed E-state index contributed by atoms with van der Waals surface area (Å²) in [5, 5.41) is 0.621. The zero-order valence-electron chi connectivity index (χ0n) is 14.6. The number of benzene rings is 1. The predicted octanol–water partition coefficient (Wildman–Crippen LogP) is 4.29. The van der Waals surface area contributed by atoms with Crippen LogP contribution in [-0.4, -0.2) is 15.0 Å². The van der Waals surface area contributed by atoms with Gasteiger partial charge < -0.3 is 9.40 Å². The number of H-pyrrole nitrogens is 1. The second-order valence-corrected chi connectivity index (χ2v) is 6.88. The summed E-state index contributed by atoms with van der Waals surface area (Å²) in [5.41, 5.74) is 3.70. The largest absolute Gasteiger partial charge is 0.441 e. The van der Waals surface area contributed by atoms with Crippen LogP contribution in [0.2, 0.25) is 0 Å². The Balaban J connectivity index is 1.78. The van der Waals surface area contributed by atoms with Crippen LogP contribution in [0.5, 0.6) is 0 Å². The number of aromatic amines is 1. The van der Waals surface area contributed by atoms with Gasteiger partial charge in [-0.15, -0.1) is 0 Å². The molecule has 2 aromatic heterocycles. The normalized spacial score (nSPS) is 11.0. The van der Waals surface area contributed by atoms with Crippen molar-refractivity contribution in [1.82, 2.24) is 15.0 Å². The van der Waals surface area contributed by atoms with Crippen LogP contribution in [0, 0.1) is 13.8 Å². The molecule has 0 aliphatic rings. The molecule has 3 aromatic rings. The van der Waals surface area contributed by atoms with E-state index in [-0.39, 0.29) is 5.56 Å². The predicted molar refractivity (Wildman–Crippen MR) is 99.8 cm³/mol. The van der Waals surface area contributed by atoms with Crippen molar-refractivity contribution in [3.8, 4) is 11.5 Å². The average Bonchev–Trinajstić information content (AvgIpc) is 2.94. The van der Waals surface area contributed by atoms with Crippen molar-refractivity contribution in [2.45, 2.75) is 44.5 Å². The van der Waals surface area contributed by atoms with Crippen molar-refractivity contribution in [1.29, 1.82) is 0 Å². The average molecular weight is 355 g/mol. The lowest BCUT2D eigenvalue weighted by Gasteiger charge is -2.02. The molecule has 5 nitrogen and oxygen atoms in total. The van der Waals surface area contributed by atoms with Gasteiger partial charge in [-0.05, 0) is 31.9 Å². The second kappa shape index (κ2) is 7.70. The van der Waals surface area contributed by atoms with Gasteiger partial charge in [0.2, 0.25) is 5.89 Å². The van der Waals surface area contributed by atoms with Crippen LogP contribution in [0.4, 0.5) is 0 Å². The van der Waals surface area contributed by atoms with E-state index in [4.69, 9.17) is 4.42 Å². The van der Waals surface area contributed by atoms with Gasteiger partial charge in [-0.25, -0.2) is 9.97 Å². The molecule has 0 bridgehead atoms. The molecule has 0 saturated heterocycles. The minimum Gasteiger partial charge on any atom is -0.441 e. The Morgan fingerprint density at radius 1 is 1.20 bits per heavy atom. The van der Waals surface area contributed by atoms with E-state index < -0.39 is 0 Å². The number of hydrogen-bond donors (Lipinski definition) is 1. The zero-order valence-corrected chi connectivity index (χ0v) is 15.4. The highest BCUT2D eigenvalue weighted by molar-refractivity contribution is 7.98. The van der Waals surface area contributed by atoms with Crippen LogP contribution in [-0.2, 0) is 12.2 Å². The number of aromatic nitrogens is 3. The lowest BCUT2D eigenvalue weighted by Crippen LogP contribution is -2.10. The summed E-state index contributed by atoms with van der Waals surface area (Å²) < 4.78 is 5.84. The van der Waals surface area contributed by atoms with E-state index in [1.807, 2.05) is 38.1 Å². The Hall–Kier alpha value is -2.34. The standard InChI is InChI=1S/C19H21N3O2S/c1-4-7-14-10-17(23)22-19(20-14)25-11-16-13(3)24-18(21-16)15-9-6-5-8-12(15)2/h5-6,8-10H,4,7,11H2,1-3H3,(H,20,22,23). The van der Waals surface area contributed by atoms with Crippen molar-refractivity contribution < 1.29 is 4.42 Å². The molecule has 0 aliphatic heterocycles. The van der Waals surface area contributed by atoms with Gasteiger partial charge in [0.1, 0.15) is 5.76 Å². The molecule has 0 spiro atoms. The summed E-state index contributed by atoms with van der Waals surface area (Å²) in [6.07, 6.45) is 1.76. The van der Waals surface area contributed by atoms with Crippen LogP contribution >= 0.6 is 11.8 Å². The number of nitrogens with one attached hydrogen (secondary N) is 1. The third-order valence-corrected chi connectivity index (χ3v) is 4.78. The van der Waals surface area contributed by atoms with Crippen LogP contribution in [0.1, 0.15) is 36.1 Å². The van der Waals surface area contributed by atoms with Crippen LogP contribution in [0.15, 0.2) is 44.7 Å². The molecular formula is C19H21N3O2S. The summed E-state index contributed by atoms with van der Waals surface area (Å²) in [5.74, 6) is 2.02. The Morgan fingerprint density at radius 3 is 2.76 bits per heavy atom. The molecule has 130 valence electrons. The molecule has 0 saturated carbocycles. The minimum absolute atomic E-state index is 0.113. The third-order valence-electron chi connectivity index (χ3n) is 3.89. The molecule has 1 N–H and O–H groups in total. The van der Waals surface area contributed by atoms with E-state index in [1.165, 1.54) is 11.8 Å². The molecule has 0 unspecified atom stereocenters. The molecule has 0 atom stereocenters. The molecule has 0 aliphatic carbocycles. The molecule has 2 heterocycles. The van der Waals surface area contributed by atoms with Gasteiger partial charge >= 0.3 is 0 Å². The Kier molecular flexibility index (Phi) is 5.38. The van der Waals surface area contributed by atoms with E-state index in [0.717, 1.165) is 41.1 Å². The smallest absolute Gasteiger partial charge is 0.251 e. The number of aryl methyl sites for hydroxylation is 3. The first-order valence-corrected chi connectivity index (χ1v) is 9.30. The van der Waals surface area contributed by atoms with Crippen molar-refractivity contribution >= 4 is 11.8 Å². The van der Waals surface area contributed by atoms with Gasteiger partial charge in [-0.3, -0.25) is 4.79 Å². The number of hydrogen-bond acceptors (Lipinski definition) is 5. The maximum Gasteiger partial charge on any atom is 0.251 e. The summed E-state index contributed by atoms with van der Waals surface area (Å²) in [6, 6.07) is 9.58. The highest BCUT2D eigenvalue weighted by Crippen LogP contribution is 2.27. The lowest BCUT2D eigenvalue weighted by atomic mass is 10.1. The fourth-order valence-corrected chi connectivity index (χ4v) is 3.46. The fourth-order valence-electron chi connectivity index (χ4n) is 2.56. The first-order chi connectivity index (χ1) is 12.1. The molecular weight excluding hydrogens is 334 g/mol. The van der Waals surface area contributed by atoms with Crippen molar-refractivity contribution in [3.63, 3.8) is 0 Å². The van der Waals surface area contributed by atoms with E-state index >= 15 is 0 Å². The molecule has 0 radical (unpaired) electrons. The SMILES string of the molecule is CCCc1cc(=O)[nH]c(SCc2nc(-c3ccccc3C)oc2C)n1. The third kappa shape index (κ3) is 4.20. The van der Waals surface area contributed by atoms with E-state index in [1.54, 1.807) is 6.07 Å². The van der Waals surface area contributed by atoms with Gasteiger partial charge in [0, 0.05) is 23.1 Å². The Labute approximate surface area is 150 Å². The maximum absolute atomic E-state index is 11.7. The Morgan fingerprint density at radius 2 is 2.00 bits per heavy atom.